The first-order chi connectivity index (χ1) is 7.70. The van der Waals surface area contributed by atoms with Crippen LogP contribution in [0.1, 0.15) is 25.0 Å². The lowest BCUT2D eigenvalue weighted by molar-refractivity contribution is 0.403. The first-order valence-electron chi connectivity index (χ1n) is 5.65. The SMILES string of the molecule is CCc1c(O)c(O)c2ccccc2c1CC. The maximum atomic E-state index is 9.96. The van der Waals surface area contributed by atoms with Crippen LogP contribution in [0.25, 0.3) is 10.8 Å². The van der Waals surface area contributed by atoms with Gasteiger partial charge in [-0.2, -0.15) is 0 Å². The molecule has 0 radical (unpaired) electrons. The van der Waals surface area contributed by atoms with Gasteiger partial charge in [0.25, 0.3) is 0 Å². The standard InChI is InChI=1S/C14H16O2/c1-3-9-10(4-2)13(15)14(16)12-8-6-5-7-11(9)12/h5-8,15-16H,3-4H2,1-2H3. The zero-order valence-corrected chi connectivity index (χ0v) is 9.62. The Balaban J connectivity index is 2.94. The van der Waals surface area contributed by atoms with Gasteiger partial charge in [-0.25, -0.2) is 0 Å². The van der Waals surface area contributed by atoms with Crippen molar-refractivity contribution in [2.75, 3.05) is 0 Å². The van der Waals surface area contributed by atoms with Crippen LogP contribution in [0, 0.1) is 0 Å². The Morgan fingerprint density at radius 3 is 1.94 bits per heavy atom. The average molecular weight is 216 g/mol. The van der Waals surface area contributed by atoms with E-state index in [4.69, 9.17) is 0 Å². The number of hydrogen-bond acceptors (Lipinski definition) is 2. The number of phenolic OH excluding ortho intramolecular Hbond substituents is 2. The van der Waals surface area contributed by atoms with Crippen molar-refractivity contribution in [1.82, 2.24) is 0 Å². The fourth-order valence-corrected chi connectivity index (χ4v) is 2.31. The van der Waals surface area contributed by atoms with Crippen molar-refractivity contribution < 1.29 is 10.2 Å². The van der Waals surface area contributed by atoms with Gasteiger partial charge < -0.3 is 10.2 Å². The second-order valence-electron chi connectivity index (χ2n) is 3.91. The zero-order chi connectivity index (χ0) is 11.7. The summed E-state index contributed by atoms with van der Waals surface area (Å²) in [5.41, 5.74) is 1.99. The fourth-order valence-electron chi connectivity index (χ4n) is 2.31. The summed E-state index contributed by atoms with van der Waals surface area (Å²) in [5.74, 6) is 0.0442. The van der Waals surface area contributed by atoms with E-state index in [0.717, 1.165) is 34.7 Å². The van der Waals surface area contributed by atoms with Gasteiger partial charge in [0.1, 0.15) is 0 Å². The molecule has 2 rings (SSSR count). The lowest BCUT2D eigenvalue weighted by atomic mass is 9.94. The molecule has 0 aliphatic rings. The number of aryl methyl sites for hydroxylation is 1. The molecule has 0 spiro atoms. The van der Waals surface area contributed by atoms with E-state index < -0.39 is 0 Å². The number of fused-ring (bicyclic) bond motifs is 1. The molecule has 0 bridgehead atoms. The maximum Gasteiger partial charge on any atom is 0.165 e. The molecule has 2 N–H and O–H groups in total. The highest BCUT2D eigenvalue weighted by atomic mass is 16.3. The highest BCUT2D eigenvalue weighted by molar-refractivity contribution is 5.94. The van der Waals surface area contributed by atoms with Crippen LogP contribution in [0.3, 0.4) is 0 Å². The minimum Gasteiger partial charge on any atom is -0.504 e. The molecule has 0 atom stereocenters. The molecule has 0 unspecified atom stereocenters. The number of hydrogen-bond donors (Lipinski definition) is 2. The van der Waals surface area contributed by atoms with Crippen LogP contribution in [0.2, 0.25) is 0 Å². The van der Waals surface area contributed by atoms with E-state index in [0.29, 0.717) is 0 Å². The summed E-state index contributed by atoms with van der Waals surface area (Å²) >= 11 is 0. The summed E-state index contributed by atoms with van der Waals surface area (Å²) in [6, 6.07) is 7.65. The molecule has 2 heteroatoms. The van der Waals surface area contributed by atoms with E-state index in [1.54, 1.807) is 0 Å². The molecule has 2 aromatic rings. The second-order valence-corrected chi connectivity index (χ2v) is 3.91. The smallest absolute Gasteiger partial charge is 0.165 e. The van der Waals surface area contributed by atoms with Gasteiger partial charge in [-0.15, -0.1) is 0 Å². The van der Waals surface area contributed by atoms with Gasteiger partial charge in [0.15, 0.2) is 11.5 Å². The van der Waals surface area contributed by atoms with Crippen LogP contribution < -0.4 is 0 Å². The van der Waals surface area contributed by atoms with Gasteiger partial charge in [0, 0.05) is 10.9 Å². The van der Waals surface area contributed by atoms with Crippen molar-refractivity contribution in [3.8, 4) is 11.5 Å². The first-order valence-corrected chi connectivity index (χ1v) is 5.65. The summed E-state index contributed by atoms with van der Waals surface area (Å²) in [5, 5.41) is 21.7. The second kappa shape index (κ2) is 4.05. The van der Waals surface area contributed by atoms with Crippen molar-refractivity contribution in [2.45, 2.75) is 26.7 Å². The molecular formula is C14H16O2. The molecule has 0 fully saturated rings. The Labute approximate surface area is 95.2 Å². The molecule has 0 aliphatic carbocycles. The van der Waals surface area contributed by atoms with Gasteiger partial charge in [0.05, 0.1) is 0 Å². The Morgan fingerprint density at radius 2 is 1.38 bits per heavy atom. The average Bonchev–Trinajstić information content (AvgIpc) is 2.33. The van der Waals surface area contributed by atoms with Crippen LogP contribution in [-0.2, 0) is 12.8 Å². The van der Waals surface area contributed by atoms with Crippen LogP contribution in [0.5, 0.6) is 11.5 Å². The van der Waals surface area contributed by atoms with Crippen molar-refractivity contribution in [3.63, 3.8) is 0 Å². The summed E-state index contributed by atoms with van der Waals surface area (Å²) < 4.78 is 0. The van der Waals surface area contributed by atoms with Gasteiger partial charge in [-0.05, 0) is 23.8 Å². The number of aromatic hydroxyl groups is 2. The van der Waals surface area contributed by atoms with Crippen molar-refractivity contribution >= 4 is 10.8 Å². The summed E-state index contributed by atoms with van der Waals surface area (Å²) in [4.78, 5) is 0. The number of rotatable bonds is 2. The molecule has 0 aliphatic heterocycles. The molecule has 0 heterocycles. The van der Waals surface area contributed by atoms with E-state index >= 15 is 0 Å². The van der Waals surface area contributed by atoms with Crippen LogP contribution in [0.4, 0.5) is 0 Å². The predicted molar refractivity (Wildman–Crippen MR) is 66.0 cm³/mol. The molecular weight excluding hydrogens is 200 g/mol. The summed E-state index contributed by atoms with van der Waals surface area (Å²) in [6.45, 7) is 4.06. The lowest BCUT2D eigenvalue weighted by Gasteiger charge is -2.14. The van der Waals surface area contributed by atoms with Gasteiger partial charge in [-0.3, -0.25) is 0 Å². The van der Waals surface area contributed by atoms with Crippen molar-refractivity contribution in [3.05, 3.63) is 35.4 Å². The van der Waals surface area contributed by atoms with Gasteiger partial charge in [0.2, 0.25) is 0 Å². The highest BCUT2D eigenvalue weighted by Crippen LogP contribution is 2.40. The molecule has 0 aromatic heterocycles. The third-order valence-electron chi connectivity index (χ3n) is 3.09. The molecule has 0 saturated carbocycles. The Bertz CT molecular complexity index is 530. The Morgan fingerprint density at radius 1 is 0.812 bits per heavy atom. The zero-order valence-electron chi connectivity index (χ0n) is 9.62. The lowest BCUT2D eigenvalue weighted by Crippen LogP contribution is -1.94. The van der Waals surface area contributed by atoms with Crippen LogP contribution >= 0.6 is 0 Å². The molecule has 16 heavy (non-hydrogen) atoms. The van der Waals surface area contributed by atoms with E-state index in [1.165, 1.54) is 0 Å². The fraction of sp³-hybridized carbons (Fsp3) is 0.286. The third-order valence-corrected chi connectivity index (χ3v) is 3.09. The number of phenols is 2. The topological polar surface area (TPSA) is 40.5 Å². The Kier molecular flexibility index (Phi) is 2.73. The third kappa shape index (κ3) is 1.42. The van der Waals surface area contributed by atoms with Crippen LogP contribution in [-0.4, -0.2) is 10.2 Å². The summed E-state index contributed by atoms with van der Waals surface area (Å²) in [6.07, 6.45) is 1.59. The monoisotopic (exact) mass is 216 g/mol. The normalized spacial score (nSPS) is 10.9. The molecule has 2 nitrogen and oxygen atoms in total. The van der Waals surface area contributed by atoms with Crippen molar-refractivity contribution in [2.24, 2.45) is 0 Å². The van der Waals surface area contributed by atoms with E-state index in [-0.39, 0.29) is 11.5 Å². The maximum absolute atomic E-state index is 9.96. The minimum absolute atomic E-state index is 0.00431. The number of benzene rings is 2. The van der Waals surface area contributed by atoms with Gasteiger partial charge >= 0.3 is 0 Å². The van der Waals surface area contributed by atoms with Crippen LogP contribution in [0.15, 0.2) is 24.3 Å². The minimum atomic E-state index is 0.00431. The van der Waals surface area contributed by atoms with E-state index in [1.807, 2.05) is 31.2 Å². The van der Waals surface area contributed by atoms with E-state index in [2.05, 4.69) is 6.92 Å². The molecule has 0 saturated heterocycles. The Hall–Kier alpha value is -1.70. The molecule has 2 aromatic carbocycles. The van der Waals surface area contributed by atoms with E-state index in [9.17, 15) is 10.2 Å². The summed E-state index contributed by atoms with van der Waals surface area (Å²) in [7, 11) is 0. The van der Waals surface area contributed by atoms with Crippen molar-refractivity contribution in [1.29, 1.82) is 0 Å². The molecule has 84 valence electrons. The predicted octanol–water partition coefficient (Wildman–Crippen LogP) is 3.38. The first kappa shape index (κ1) is 10.8. The highest BCUT2D eigenvalue weighted by Gasteiger charge is 2.15. The van der Waals surface area contributed by atoms with Gasteiger partial charge in [-0.1, -0.05) is 38.1 Å². The largest absolute Gasteiger partial charge is 0.504 e. The molecule has 0 amide bonds. The quantitative estimate of drug-likeness (QED) is 0.755.